The summed E-state index contributed by atoms with van der Waals surface area (Å²) in [5, 5.41) is 11.0. The molecule has 0 saturated carbocycles. The van der Waals surface area contributed by atoms with Crippen LogP contribution < -0.4 is 18.9 Å². The van der Waals surface area contributed by atoms with E-state index in [-0.39, 0.29) is 5.69 Å². The zero-order valence-electron chi connectivity index (χ0n) is 26.7. The molecule has 7 heteroatoms. The van der Waals surface area contributed by atoms with E-state index in [2.05, 4.69) is 41.4 Å². The van der Waals surface area contributed by atoms with Crippen molar-refractivity contribution in [2.45, 2.75) is 27.7 Å². The molecule has 0 heterocycles. The monoisotopic (exact) mass is 623 g/mol. The SMILES string of the molecule is C#Cc1ccc(C#Cc2cc(OCC)c(C#Cc3cc(OCC)c(C#Cc4ccc([N+](=O)[O-])cc4)cc3OCC)cc2OCC)cc1. The third kappa shape index (κ3) is 9.12. The van der Waals surface area contributed by atoms with E-state index in [4.69, 9.17) is 25.4 Å². The van der Waals surface area contributed by atoms with Gasteiger partial charge in [0.05, 0.1) is 53.6 Å². The molecule has 0 spiro atoms. The molecule has 4 rings (SSSR count). The maximum Gasteiger partial charge on any atom is 0.269 e. The summed E-state index contributed by atoms with van der Waals surface area (Å²) >= 11 is 0. The Balaban J connectivity index is 1.75. The zero-order chi connectivity index (χ0) is 33.6. The Labute approximate surface area is 276 Å². The van der Waals surface area contributed by atoms with Crippen molar-refractivity contribution in [3.8, 4) is 70.9 Å². The van der Waals surface area contributed by atoms with Crippen LogP contribution in [0.4, 0.5) is 5.69 Å². The molecular formula is C40H33NO6. The van der Waals surface area contributed by atoms with Crippen molar-refractivity contribution in [3.63, 3.8) is 0 Å². The zero-order valence-corrected chi connectivity index (χ0v) is 26.7. The van der Waals surface area contributed by atoms with Crippen molar-refractivity contribution >= 4 is 5.69 Å². The van der Waals surface area contributed by atoms with Crippen molar-refractivity contribution < 1.29 is 23.9 Å². The maximum atomic E-state index is 11.0. The fourth-order valence-electron chi connectivity index (χ4n) is 4.34. The lowest BCUT2D eigenvalue weighted by Crippen LogP contribution is -2.01. The Morgan fingerprint density at radius 1 is 0.532 bits per heavy atom. The first-order valence-electron chi connectivity index (χ1n) is 15.1. The van der Waals surface area contributed by atoms with Crippen molar-refractivity contribution in [1.29, 1.82) is 0 Å². The van der Waals surface area contributed by atoms with Crippen LogP contribution in [0.5, 0.6) is 23.0 Å². The summed E-state index contributed by atoms with van der Waals surface area (Å²) in [5.74, 6) is 23.9. The highest BCUT2D eigenvalue weighted by Gasteiger charge is 2.13. The second kappa shape index (κ2) is 16.7. The first-order chi connectivity index (χ1) is 22.9. The lowest BCUT2D eigenvalue weighted by molar-refractivity contribution is -0.384. The van der Waals surface area contributed by atoms with E-state index in [0.29, 0.717) is 77.2 Å². The van der Waals surface area contributed by atoms with Gasteiger partial charge in [-0.3, -0.25) is 10.1 Å². The van der Waals surface area contributed by atoms with Crippen molar-refractivity contribution in [2.75, 3.05) is 26.4 Å². The molecule has 0 unspecified atom stereocenters. The normalized spacial score (nSPS) is 9.68. The molecule has 0 aliphatic rings. The van der Waals surface area contributed by atoms with Gasteiger partial charge in [-0.1, -0.05) is 41.4 Å². The van der Waals surface area contributed by atoms with Gasteiger partial charge in [0.1, 0.15) is 23.0 Å². The number of nitro groups is 1. The minimum atomic E-state index is -0.446. The van der Waals surface area contributed by atoms with Crippen LogP contribution in [0.15, 0.2) is 72.8 Å². The van der Waals surface area contributed by atoms with E-state index in [0.717, 1.165) is 11.1 Å². The third-order valence-corrected chi connectivity index (χ3v) is 6.51. The Kier molecular flexibility index (Phi) is 11.9. The summed E-state index contributed by atoms with van der Waals surface area (Å²) in [6.45, 7) is 9.30. The summed E-state index contributed by atoms with van der Waals surface area (Å²) in [7, 11) is 0. The highest BCUT2D eigenvalue weighted by Crippen LogP contribution is 2.31. The molecule has 47 heavy (non-hydrogen) atoms. The van der Waals surface area contributed by atoms with E-state index in [1.165, 1.54) is 12.1 Å². The minimum absolute atomic E-state index is 0.00223. The van der Waals surface area contributed by atoms with Crippen LogP contribution in [-0.4, -0.2) is 31.4 Å². The largest absolute Gasteiger partial charge is 0.493 e. The van der Waals surface area contributed by atoms with Gasteiger partial charge >= 0.3 is 0 Å². The number of rotatable bonds is 9. The number of terminal acetylenes is 1. The topological polar surface area (TPSA) is 80.1 Å². The quantitative estimate of drug-likeness (QED) is 0.110. The molecule has 0 fully saturated rings. The van der Waals surface area contributed by atoms with Gasteiger partial charge in [0.15, 0.2) is 0 Å². The van der Waals surface area contributed by atoms with Crippen molar-refractivity contribution in [2.24, 2.45) is 0 Å². The summed E-state index contributed by atoms with van der Waals surface area (Å²) in [6, 6.07) is 20.8. The van der Waals surface area contributed by atoms with Crippen LogP contribution in [0.2, 0.25) is 0 Å². The Morgan fingerprint density at radius 2 is 0.830 bits per heavy atom. The van der Waals surface area contributed by atoms with Gasteiger partial charge in [-0.2, -0.15) is 0 Å². The number of hydrogen-bond donors (Lipinski definition) is 0. The van der Waals surface area contributed by atoms with Crippen LogP contribution in [0.1, 0.15) is 66.6 Å². The second-order valence-corrected chi connectivity index (χ2v) is 9.70. The molecule has 4 aromatic rings. The van der Waals surface area contributed by atoms with Gasteiger partial charge in [-0.05, 0) is 64.1 Å². The molecule has 0 bridgehead atoms. The molecule has 4 aromatic carbocycles. The van der Waals surface area contributed by atoms with Gasteiger partial charge in [0.2, 0.25) is 0 Å². The molecule has 0 radical (unpaired) electrons. The van der Waals surface area contributed by atoms with E-state index in [1.54, 1.807) is 24.3 Å². The van der Waals surface area contributed by atoms with Gasteiger partial charge in [0.25, 0.3) is 5.69 Å². The summed E-state index contributed by atoms with van der Waals surface area (Å²) < 4.78 is 23.8. The van der Waals surface area contributed by atoms with Crippen molar-refractivity contribution in [3.05, 3.63) is 122 Å². The van der Waals surface area contributed by atoms with Crippen LogP contribution in [0.3, 0.4) is 0 Å². The average Bonchev–Trinajstić information content (AvgIpc) is 3.08. The molecular weight excluding hydrogens is 590 g/mol. The summed E-state index contributed by atoms with van der Waals surface area (Å²) in [6.07, 6.45) is 5.47. The Bertz CT molecular complexity index is 1970. The fraction of sp³-hybridized carbons (Fsp3) is 0.200. The van der Waals surface area contributed by atoms with Gasteiger partial charge < -0.3 is 18.9 Å². The van der Waals surface area contributed by atoms with Crippen LogP contribution in [0, 0.1) is 58.0 Å². The number of benzene rings is 4. The van der Waals surface area contributed by atoms with E-state index < -0.39 is 4.92 Å². The number of non-ortho nitro benzene ring substituents is 1. The molecule has 0 N–H and O–H groups in total. The lowest BCUT2D eigenvalue weighted by atomic mass is 10.1. The van der Waals surface area contributed by atoms with Gasteiger partial charge in [0, 0.05) is 53.1 Å². The molecule has 0 amide bonds. The van der Waals surface area contributed by atoms with Crippen LogP contribution in [0.25, 0.3) is 0 Å². The number of nitrogens with zero attached hydrogens (tertiary/aromatic N) is 1. The molecule has 0 atom stereocenters. The van der Waals surface area contributed by atoms with E-state index in [9.17, 15) is 10.1 Å². The fourth-order valence-corrected chi connectivity index (χ4v) is 4.34. The molecule has 0 aliphatic carbocycles. The van der Waals surface area contributed by atoms with E-state index in [1.807, 2.05) is 64.1 Å². The number of nitro benzene ring substituents is 1. The predicted octanol–water partition coefficient (Wildman–Crippen LogP) is 7.37. The molecule has 234 valence electrons. The van der Waals surface area contributed by atoms with Gasteiger partial charge in [-0.25, -0.2) is 0 Å². The Hall–Kier alpha value is -6.28. The first-order valence-corrected chi connectivity index (χ1v) is 15.1. The number of ether oxygens (including phenoxy) is 4. The summed E-state index contributed by atoms with van der Waals surface area (Å²) in [5.41, 5.74) is 4.75. The molecule has 0 saturated heterocycles. The maximum absolute atomic E-state index is 11.0. The molecule has 7 nitrogen and oxygen atoms in total. The van der Waals surface area contributed by atoms with Crippen LogP contribution in [-0.2, 0) is 0 Å². The highest BCUT2D eigenvalue weighted by molar-refractivity contribution is 5.64. The summed E-state index contributed by atoms with van der Waals surface area (Å²) in [4.78, 5) is 10.5. The predicted molar refractivity (Wildman–Crippen MR) is 183 cm³/mol. The first kappa shape index (κ1) is 33.6. The minimum Gasteiger partial charge on any atom is -0.493 e. The van der Waals surface area contributed by atoms with Crippen molar-refractivity contribution in [1.82, 2.24) is 0 Å². The lowest BCUT2D eigenvalue weighted by Gasteiger charge is -2.13. The Morgan fingerprint density at radius 3 is 1.13 bits per heavy atom. The average molecular weight is 624 g/mol. The molecule has 0 aliphatic heterocycles. The molecule has 0 aromatic heterocycles. The smallest absolute Gasteiger partial charge is 0.269 e. The standard InChI is InChI=1S/C40H33NO6/c1-6-29-11-13-30(14-12-29)15-19-32-25-39(46-9-4)34(27-37(32)44-7-2)21-22-35-28-38(45-8-3)33(26-40(35)47-10-5)20-16-31-17-23-36(24-18-31)41(42)43/h1,11-14,17-18,23-28H,7-10H2,2-5H3. The van der Waals surface area contributed by atoms with E-state index >= 15 is 0 Å². The number of hydrogen-bond acceptors (Lipinski definition) is 6. The second-order valence-electron chi connectivity index (χ2n) is 9.70. The van der Waals surface area contributed by atoms with Gasteiger partial charge in [-0.15, -0.1) is 6.42 Å². The highest BCUT2D eigenvalue weighted by atomic mass is 16.6. The van der Waals surface area contributed by atoms with Crippen LogP contribution >= 0.6 is 0 Å². The third-order valence-electron chi connectivity index (χ3n) is 6.51.